The summed E-state index contributed by atoms with van der Waals surface area (Å²) in [6.45, 7) is 3.71. The second-order valence-electron chi connectivity index (χ2n) is 7.79. The molecule has 0 radical (unpaired) electrons. The number of alkyl halides is 3. The van der Waals surface area contributed by atoms with Gasteiger partial charge in [0.05, 0.1) is 0 Å². The van der Waals surface area contributed by atoms with Crippen molar-refractivity contribution >= 4 is 23.5 Å². The molecule has 4 rings (SSSR count). The topological polar surface area (TPSA) is 109 Å². The Morgan fingerprint density at radius 3 is 2.87 bits per heavy atom. The predicted octanol–water partition coefficient (Wildman–Crippen LogP) is 3.99. The second-order valence-corrected chi connectivity index (χ2v) is 7.79. The summed E-state index contributed by atoms with van der Waals surface area (Å²) in [6.07, 6.45) is -0.155. The highest BCUT2D eigenvalue weighted by Gasteiger charge is 2.34. The smallest absolute Gasteiger partial charge is 0.433 e. The Bertz CT molecular complexity index is 1080. The number of aromatic nitrogens is 5. The number of ether oxygens (including phenoxy) is 1. The zero-order valence-corrected chi connectivity index (χ0v) is 16.9. The van der Waals surface area contributed by atoms with E-state index in [9.17, 15) is 18.0 Å². The van der Waals surface area contributed by atoms with Crippen LogP contribution in [0.15, 0.2) is 24.5 Å². The zero-order chi connectivity index (χ0) is 22.2. The molecule has 3 aromatic rings. The summed E-state index contributed by atoms with van der Waals surface area (Å²) in [5.74, 6) is 0.389. The third-order valence-corrected chi connectivity index (χ3v) is 5.02. The number of carbonyl (C=O) groups is 1. The number of aromatic amines is 1. The number of nitrogens with zero attached hydrogens (tertiary/aromatic N) is 4. The Balaban J connectivity index is 1.46. The van der Waals surface area contributed by atoms with E-state index in [0.717, 1.165) is 24.6 Å². The Labute approximate surface area is 175 Å². The van der Waals surface area contributed by atoms with E-state index in [1.165, 1.54) is 16.8 Å². The SMILES string of the molecule is CC(C)NC(=O)OC1CCC(c2cc(Nc3nc(C(F)(F)F)cc4nccn34)n[nH]2)C1. The lowest BCUT2D eigenvalue weighted by Gasteiger charge is -2.14. The Morgan fingerprint density at radius 1 is 1.32 bits per heavy atom. The predicted molar refractivity (Wildman–Crippen MR) is 105 cm³/mol. The molecule has 3 heterocycles. The van der Waals surface area contributed by atoms with Crippen LogP contribution in [0.3, 0.4) is 0 Å². The highest BCUT2D eigenvalue weighted by atomic mass is 19.4. The van der Waals surface area contributed by atoms with Gasteiger partial charge >= 0.3 is 12.3 Å². The fourth-order valence-electron chi connectivity index (χ4n) is 3.63. The number of hydrogen-bond acceptors (Lipinski definition) is 6. The van der Waals surface area contributed by atoms with Gasteiger partial charge in [-0.1, -0.05) is 0 Å². The fraction of sp³-hybridized carbons (Fsp3) is 0.474. The van der Waals surface area contributed by atoms with Gasteiger partial charge in [-0.05, 0) is 33.1 Å². The number of rotatable bonds is 5. The Hall–Kier alpha value is -3.31. The van der Waals surface area contributed by atoms with Gasteiger partial charge in [0.15, 0.2) is 11.5 Å². The van der Waals surface area contributed by atoms with Gasteiger partial charge in [-0.15, -0.1) is 0 Å². The average Bonchev–Trinajstić information content (AvgIpc) is 3.39. The number of fused-ring (bicyclic) bond motifs is 1. The van der Waals surface area contributed by atoms with E-state index in [2.05, 4.69) is 30.8 Å². The molecule has 0 spiro atoms. The van der Waals surface area contributed by atoms with Crippen LogP contribution in [0.2, 0.25) is 0 Å². The molecule has 2 unspecified atom stereocenters. The van der Waals surface area contributed by atoms with Gasteiger partial charge in [0, 0.05) is 42.2 Å². The van der Waals surface area contributed by atoms with Crippen LogP contribution in [0.1, 0.15) is 50.4 Å². The molecule has 0 aromatic carbocycles. The second kappa shape index (κ2) is 8.08. The van der Waals surface area contributed by atoms with Crippen molar-refractivity contribution in [1.82, 2.24) is 29.9 Å². The van der Waals surface area contributed by atoms with E-state index in [4.69, 9.17) is 4.74 Å². The van der Waals surface area contributed by atoms with Gasteiger partial charge in [0.25, 0.3) is 0 Å². The minimum atomic E-state index is -4.60. The van der Waals surface area contributed by atoms with Crippen molar-refractivity contribution in [1.29, 1.82) is 0 Å². The summed E-state index contributed by atoms with van der Waals surface area (Å²) in [6, 6.07) is 2.61. The van der Waals surface area contributed by atoms with Crippen molar-refractivity contribution in [2.45, 2.75) is 57.3 Å². The first-order valence-electron chi connectivity index (χ1n) is 9.90. The summed E-state index contributed by atoms with van der Waals surface area (Å²) < 4.78 is 46.3. The number of hydrogen-bond donors (Lipinski definition) is 3. The Kier molecular flexibility index (Phi) is 5.46. The zero-order valence-electron chi connectivity index (χ0n) is 16.9. The van der Waals surface area contributed by atoms with Crippen molar-refractivity contribution in [2.24, 2.45) is 0 Å². The van der Waals surface area contributed by atoms with Crippen molar-refractivity contribution in [3.63, 3.8) is 0 Å². The van der Waals surface area contributed by atoms with Crippen LogP contribution >= 0.6 is 0 Å². The van der Waals surface area contributed by atoms with Crippen molar-refractivity contribution in [2.75, 3.05) is 5.32 Å². The minimum absolute atomic E-state index is 0.00244. The third-order valence-electron chi connectivity index (χ3n) is 5.02. The van der Waals surface area contributed by atoms with Crippen LogP contribution in [0.25, 0.3) is 5.65 Å². The molecule has 1 saturated carbocycles. The monoisotopic (exact) mass is 437 g/mol. The Morgan fingerprint density at radius 2 is 2.13 bits per heavy atom. The van der Waals surface area contributed by atoms with E-state index >= 15 is 0 Å². The van der Waals surface area contributed by atoms with Crippen molar-refractivity contribution < 1.29 is 22.7 Å². The molecule has 166 valence electrons. The fourth-order valence-corrected chi connectivity index (χ4v) is 3.63. The van der Waals surface area contributed by atoms with Crippen LogP contribution < -0.4 is 10.6 Å². The van der Waals surface area contributed by atoms with Crippen LogP contribution in [0, 0.1) is 0 Å². The van der Waals surface area contributed by atoms with Gasteiger partial charge in [0.1, 0.15) is 11.8 Å². The average molecular weight is 437 g/mol. The van der Waals surface area contributed by atoms with Crippen LogP contribution in [-0.4, -0.2) is 42.8 Å². The number of imidazole rings is 1. The van der Waals surface area contributed by atoms with Crippen molar-refractivity contribution in [3.05, 3.63) is 35.9 Å². The van der Waals surface area contributed by atoms with Gasteiger partial charge in [0.2, 0.25) is 5.95 Å². The number of H-pyrrole nitrogens is 1. The molecule has 1 amide bonds. The first kappa shape index (κ1) is 20.9. The van der Waals surface area contributed by atoms with Crippen molar-refractivity contribution in [3.8, 4) is 0 Å². The molecule has 3 aromatic heterocycles. The van der Waals surface area contributed by atoms with E-state index in [1.807, 2.05) is 13.8 Å². The van der Waals surface area contributed by atoms with E-state index in [0.29, 0.717) is 12.2 Å². The summed E-state index contributed by atoms with van der Waals surface area (Å²) in [5.41, 5.74) is -0.109. The molecule has 9 nitrogen and oxygen atoms in total. The van der Waals surface area contributed by atoms with Gasteiger partial charge in [-0.25, -0.2) is 14.8 Å². The molecule has 1 aliphatic rings. The molecule has 2 atom stereocenters. The van der Waals surface area contributed by atoms with E-state index < -0.39 is 18.0 Å². The summed E-state index contributed by atoms with van der Waals surface area (Å²) in [7, 11) is 0. The molecule has 1 aliphatic carbocycles. The minimum Gasteiger partial charge on any atom is -0.446 e. The standard InChI is InChI=1S/C19H22F3N7O2/c1-10(2)24-18(30)31-12-4-3-11(7-12)13-8-15(28-27-13)26-17-25-14(19(20,21)22)9-16-23-5-6-29(16)17/h5-6,8-12H,3-4,7H2,1-2H3,(H,24,30)(H2,25,26,27,28). The summed E-state index contributed by atoms with van der Waals surface area (Å²) >= 11 is 0. The maximum absolute atomic E-state index is 13.2. The maximum atomic E-state index is 13.2. The van der Waals surface area contributed by atoms with Crippen LogP contribution in [0.5, 0.6) is 0 Å². The lowest BCUT2D eigenvalue weighted by molar-refractivity contribution is -0.141. The third kappa shape index (κ3) is 4.72. The molecule has 0 aliphatic heterocycles. The molecule has 0 bridgehead atoms. The number of halogens is 3. The molecule has 31 heavy (non-hydrogen) atoms. The first-order valence-corrected chi connectivity index (χ1v) is 9.90. The molecule has 3 N–H and O–H groups in total. The maximum Gasteiger partial charge on any atom is 0.433 e. The summed E-state index contributed by atoms with van der Waals surface area (Å²) in [5, 5.41) is 12.6. The number of nitrogens with one attached hydrogen (secondary N) is 3. The number of carbonyl (C=O) groups excluding carboxylic acids is 1. The highest BCUT2D eigenvalue weighted by molar-refractivity contribution is 5.67. The number of alkyl carbamates (subject to hydrolysis) is 1. The van der Waals surface area contributed by atoms with Crippen LogP contribution in [-0.2, 0) is 10.9 Å². The molecular formula is C19H22F3N7O2. The summed E-state index contributed by atoms with van der Waals surface area (Å²) in [4.78, 5) is 19.4. The lowest BCUT2D eigenvalue weighted by Crippen LogP contribution is -2.33. The number of amides is 1. The van der Waals surface area contributed by atoms with Gasteiger partial charge < -0.3 is 15.4 Å². The molecule has 0 saturated heterocycles. The van der Waals surface area contributed by atoms with Gasteiger partial charge in [-0.3, -0.25) is 9.50 Å². The lowest BCUT2D eigenvalue weighted by atomic mass is 10.0. The van der Waals surface area contributed by atoms with E-state index in [-0.39, 0.29) is 29.7 Å². The molecule has 1 fully saturated rings. The van der Waals surface area contributed by atoms with E-state index in [1.54, 1.807) is 6.07 Å². The molecule has 12 heteroatoms. The van der Waals surface area contributed by atoms with Gasteiger partial charge in [-0.2, -0.15) is 18.3 Å². The normalized spacial score (nSPS) is 19.2. The largest absolute Gasteiger partial charge is 0.446 e. The quantitative estimate of drug-likeness (QED) is 0.557. The number of anilines is 2. The van der Waals surface area contributed by atoms with Crippen LogP contribution in [0.4, 0.5) is 29.7 Å². The molecular weight excluding hydrogens is 415 g/mol. The highest BCUT2D eigenvalue weighted by Crippen LogP contribution is 2.36. The first-order chi connectivity index (χ1) is 14.7.